The van der Waals surface area contributed by atoms with Gasteiger partial charge in [0.25, 0.3) is 0 Å². The standard InChI is InChI=1S/C30H41NO6S/c1-4-5-6-10-26(32)21-11-13-23(14-12-21)31-22(15-18-28(31)33)8-7-9-25-16-17-27(38-25)29(34)35-19-24-20-36-30(2,3)37-24/h11-14,16-17,22,24,26,32H,4-10,15,18-20H2,1-3H3/t22-,24+,26?/m0/s1. The second kappa shape index (κ2) is 13.2. The number of benzene rings is 1. The van der Waals surface area contributed by atoms with Crippen LogP contribution in [-0.4, -0.2) is 48.1 Å². The van der Waals surface area contributed by atoms with E-state index in [4.69, 9.17) is 14.2 Å². The summed E-state index contributed by atoms with van der Waals surface area (Å²) >= 11 is 1.46. The van der Waals surface area contributed by atoms with Gasteiger partial charge in [0.15, 0.2) is 5.79 Å². The molecule has 2 saturated heterocycles. The number of hydrogen-bond donors (Lipinski definition) is 1. The minimum absolute atomic E-state index is 0.160. The lowest BCUT2D eigenvalue weighted by Gasteiger charge is -2.25. The molecule has 0 spiro atoms. The van der Waals surface area contributed by atoms with Gasteiger partial charge in [-0.25, -0.2) is 4.79 Å². The molecule has 38 heavy (non-hydrogen) atoms. The Morgan fingerprint density at radius 3 is 2.68 bits per heavy atom. The van der Waals surface area contributed by atoms with Gasteiger partial charge in [0.2, 0.25) is 5.91 Å². The van der Waals surface area contributed by atoms with Gasteiger partial charge in [0, 0.05) is 23.0 Å². The summed E-state index contributed by atoms with van der Waals surface area (Å²) in [5.41, 5.74) is 1.82. The van der Waals surface area contributed by atoms with Gasteiger partial charge >= 0.3 is 5.97 Å². The minimum atomic E-state index is -0.632. The molecule has 1 amide bonds. The Morgan fingerprint density at radius 2 is 1.97 bits per heavy atom. The average molecular weight is 544 g/mol. The molecule has 3 heterocycles. The van der Waals surface area contributed by atoms with E-state index in [1.165, 1.54) is 11.3 Å². The predicted molar refractivity (Wildman–Crippen MR) is 148 cm³/mol. The summed E-state index contributed by atoms with van der Waals surface area (Å²) in [6.45, 7) is 6.45. The predicted octanol–water partition coefficient (Wildman–Crippen LogP) is 6.19. The molecule has 1 N–H and O–H groups in total. The number of esters is 1. The molecule has 2 aliphatic heterocycles. The number of aliphatic hydroxyl groups is 1. The van der Waals surface area contributed by atoms with E-state index in [-0.39, 0.29) is 30.6 Å². The number of thiophene rings is 1. The number of ether oxygens (including phenoxy) is 3. The Hall–Kier alpha value is -2.26. The minimum Gasteiger partial charge on any atom is -0.459 e. The number of carbonyl (C=O) groups excluding carboxylic acids is 2. The van der Waals surface area contributed by atoms with Crippen molar-refractivity contribution in [2.75, 3.05) is 18.1 Å². The van der Waals surface area contributed by atoms with Crippen molar-refractivity contribution in [3.8, 4) is 0 Å². The molecule has 0 radical (unpaired) electrons. The van der Waals surface area contributed by atoms with Crippen molar-refractivity contribution in [2.45, 2.75) is 103 Å². The quantitative estimate of drug-likeness (QED) is 0.240. The Morgan fingerprint density at radius 1 is 1.18 bits per heavy atom. The molecule has 2 aliphatic rings. The molecule has 7 nitrogen and oxygen atoms in total. The fraction of sp³-hybridized carbons (Fsp3) is 0.600. The lowest BCUT2D eigenvalue weighted by atomic mass is 10.0. The zero-order valence-corrected chi connectivity index (χ0v) is 23.6. The monoisotopic (exact) mass is 543 g/mol. The van der Waals surface area contributed by atoms with Gasteiger partial charge < -0.3 is 24.2 Å². The van der Waals surface area contributed by atoms with E-state index in [2.05, 4.69) is 6.92 Å². The van der Waals surface area contributed by atoms with Gasteiger partial charge in [0.05, 0.1) is 12.7 Å². The van der Waals surface area contributed by atoms with E-state index in [1.807, 2.05) is 55.1 Å². The molecule has 8 heteroatoms. The van der Waals surface area contributed by atoms with Gasteiger partial charge in [-0.2, -0.15) is 0 Å². The fourth-order valence-corrected chi connectivity index (χ4v) is 6.15. The van der Waals surface area contributed by atoms with Crippen LogP contribution in [0.4, 0.5) is 5.69 Å². The Labute approximate surface area is 230 Å². The third kappa shape index (κ3) is 7.65. The molecule has 1 unspecified atom stereocenters. The highest BCUT2D eigenvalue weighted by Crippen LogP contribution is 2.32. The number of aryl methyl sites for hydroxylation is 1. The Bertz CT molecular complexity index is 1060. The SMILES string of the molecule is CCCCCC(O)c1ccc(N2C(=O)CC[C@@H]2CCCc2ccc(C(=O)OC[C@@H]3COC(C)(C)O3)s2)cc1. The molecule has 1 aromatic carbocycles. The third-order valence-electron chi connectivity index (χ3n) is 7.25. The van der Waals surface area contributed by atoms with E-state index >= 15 is 0 Å². The molecule has 0 bridgehead atoms. The summed E-state index contributed by atoms with van der Waals surface area (Å²) in [4.78, 5) is 28.8. The molecule has 2 fully saturated rings. The highest BCUT2D eigenvalue weighted by atomic mass is 32.1. The van der Waals surface area contributed by atoms with Crippen LogP contribution in [-0.2, 0) is 25.4 Å². The summed E-state index contributed by atoms with van der Waals surface area (Å²) < 4.78 is 16.6. The van der Waals surface area contributed by atoms with Gasteiger partial charge in [-0.05, 0) is 75.8 Å². The van der Waals surface area contributed by atoms with Crippen molar-refractivity contribution in [1.29, 1.82) is 0 Å². The number of unbranched alkanes of at least 4 members (excludes halogenated alkanes) is 2. The second-order valence-electron chi connectivity index (χ2n) is 10.8. The van der Waals surface area contributed by atoms with Gasteiger partial charge in [-0.1, -0.05) is 38.3 Å². The van der Waals surface area contributed by atoms with Crippen molar-refractivity contribution in [1.82, 2.24) is 0 Å². The Kier molecular flexibility index (Phi) is 9.98. The third-order valence-corrected chi connectivity index (χ3v) is 8.38. The highest BCUT2D eigenvalue weighted by Gasteiger charge is 2.34. The van der Waals surface area contributed by atoms with Crippen molar-refractivity contribution in [3.05, 3.63) is 51.7 Å². The molecule has 0 saturated carbocycles. The normalized spacial score (nSPS) is 21.7. The van der Waals surface area contributed by atoms with Crippen LogP contribution in [0, 0.1) is 0 Å². The van der Waals surface area contributed by atoms with E-state index in [0.717, 1.165) is 67.5 Å². The number of aliphatic hydroxyl groups excluding tert-OH is 1. The molecule has 208 valence electrons. The molecule has 1 aromatic heterocycles. The largest absolute Gasteiger partial charge is 0.459 e. The maximum absolute atomic E-state index is 12.7. The van der Waals surface area contributed by atoms with Crippen LogP contribution in [0.2, 0.25) is 0 Å². The number of hydrogen-bond acceptors (Lipinski definition) is 7. The number of amides is 1. The van der Waals surface area contributed by atoms with Gasteiger partial charge in [0.1, 0.15) is 17.6 Å². The van der Waals surface area contributed by atoms with Crippen molar-refractivity contribution in [3.63, 3.8) is 0 Å². The van der Waals surface area contributed by atoms with Gasteiger partial charge in [-0.15, -0.1) is 11.3 Å². The van der Waals surface area contributed by atoms with E-state index < -0.39 is 11.9 Å². The lowest BCUT2D eigenvalue weighted by molar-refractivity contribution is -0.142. The summed E-state index contributed by atoms with van der Waals surface area (Å²) in [6.07, 6.45) is 7.46. The molecular formula is C30H41NO6S. The van der Waals surface area contributed by atoms with Crippen LogP contribution in [0.1, 0.15) is 98.4 Å². The average Bonchev–Trinajstić information content (AvgIpc) is 3.61. The van der Waals surface area contributed by atoms with E-state index in [0.29, 0.717) is 17.9 Å². The van der Waals surface area contributed by atoms with Crippen LogP contribution in [0.25, 0.3) is 0 Å². The number of rotatable bonds is 13. The highest BCUT2D eigenvalue weighted by molar-refractivity contribution is 7.13. The molecule has 3 atom stereocenters. The topological polar surface area (TPSA) is 85.3 Å². The van der Waals surface area contributed by atoms with Crippen LogP contribution < -0.4 is 4.90 Å². The first kappa shape index (κ1) is 28.7. The summed E-state index contributed by atoms with van der Waals surface area (Å²) in [5, 5.41) is 10.4. The van der Waals surface area contributed by atoms with Crippen LogP contribution >= 0.6 is 11.3 Å². The molecule has 2 aromatic rings. The van der Waals surface area contributed by atoms with Gasteiger partial charge in [-0.3, -0.25) is 4.79 Å². The lowest BCUT2D eigenvalue weighted by Crippen LogP contribution is -2.32. The molecule has 4 rings (SSSR count). The zero-order chi connectivity index (χ0) is 27.1. The zero-order valence-electron chi connectivity index (χ0n) is 22.8. The molecule has 0 aliphatic carbocycles. The van der Waals surface area contributed by atoms with E-state index in [1.54, 1.807) is 0 Å². The smallest absolute Gasteiger partial charge is 0.348 e. The summed E-state index contributed by atoms with van der Waals surface area (Å²) in [5.74, 6) is -0.805. The summed E-state index contributed by atoms with van der Waals surface area (Å²) in [7, 11) is 0. The number of anilines is 1. The first-order valence-electron chi connectivity index (χ1n) is 13.9. The fourth-order valence-electron chi connectivity index (χ4n) is 5.20. The Balaban J connectivity index is 1.24. The maximum atomic E-state index is 12.7. The van der Waals surface area contributed by atoms with Crippen LogP contribution in [0.3, 0.4) is 0 Å². The van der Waals surface area contributed by atoms with E-state index in [9.17, 15) is 14.7 Å². The van der Waals surface area contributed by atoms with Crippen LogP contribution in [0.5, 0.6) is 0 Å². The van der Waals surface area contributed by atoms with Crippen molar-refractivity contribution >= 4 is 28.9 Å². The number of carbonyl (C=O) groups is 2. The van der Waals surface area contributed by atoms with Crippen LogP contribution in [0.15, 0.2) is 36.4 Å². The number of nitrogens with zero attached hydrogens (tertiary/aromatic N) is 1. The maximum Gasteiger partial charge on any atom is 0.348 e. The first-order chi connectivity index (χ1) is 18.3. The second-order valence-corrected chi connectivity index (χ2v) is 11.9. The van der Waals surface area contributed by atoms with Crippen molar-refractivity contribution < 1.29 is 28.9 Å². The molecular weight excluding hydrogens is 502 g/mol. The van der Waals surface area contributed by atoms with Crippen molar-refractivity contribution in [2.24, 2.45) is 0 Å². The first-order valence-corrected chi connectivity index (χ1v) is 14.7. The summed E-state index contributed by atoms with van der Waals surface area (Å²) in [6, 6.07) is 11.8.